The molecule has 0 aliphatic heterocycles. The lowest BCUT2D eigenvalue weighted by Gasteiger charge is -2.17. The number of hydrogen-bond donors (Lipinski definition) is 1. The lowest BCUT2D eigenvalue weighted by Crippen LogP contribution is -2.29. The molecule has 2 unspecified atom stereocenters. The Bertz CT molecular complexity index is 169. The van der Waals surface area contributed by atoms with E-state index < -0.39 is 7.32 Å². The smallest absolute Gasteiger partial charge is 0.402 e. The van der Waals surface area contributed by atoms with Crippen LogP contribution in [0.4, 0.5) is 0 Å². The first-order chi connectivity index (χ1) is 8.60. The van der Waals surface area contributed by atoms with Crippen LogP contribution >= 0.6 is 45.2 Å². The van der Waals surface area contributed by atoms with E-state index in [9.17, 15) is 5.02 Å². The zero-order chi connectivity index (χ0) is 13.8. The van der Waals surface area contributed by atoms with E-state index >= 15 is 0 Å². The zero-order valence-corrected chi connectivity index (χ0v) is 15.7. The molecule has 0 spiro atoms. The summed E-state index contributed by atoms with van der Waals surface area (Å²) in [5, 5.41) is 9.65. The molecule has 0 saturated carbocycles. The minimum atomic E-state index is -1.09. The molecule has 0 fully saturated rings. The Kier molecular flexibility index (Phi) is 14.4. The second-order valence-electron chi connectivity index (χ2n) is 4.39. The van der Waals surface area contributed by atoms with Gasteiger partial charge in [0.25, 0.3) is 0 Å². The van der Waals surface area contributed by atoms with E-state index in [1.54, 1.807) is 0 Å². The Morgan fingerprint density at radius 2 is 1.28 bits per heavy atom. The third-order valence-corrected chi connectivity index (χ3v) is 4.43. The summed E-state index contributed by atoms with van der Waals surface area (Å²) in [5.41, 5.74) is 0. The predicted octanol–water partition coefficient (Wildman–Crippen LogP) is 4.68. The third kappa shape index (κ3) is 12.4. The van der Waals surface area contributed by atoms with Gasteiger partial charge in [-0.3, -0.25) is 0 Å². The fraction of sp³-hybridized carbons (Fsp3) is 1.00. The van der Waals surface area contributed by atoms with E-state index in [0.717, 1.165) is 25.7 Å². The Labute approximate surface area is 139 Å². The summed E-state index contributed by atoms with van der Waals surface area (Å²) in [6.07, 6.45) is 9.05. The predicted molar refractivity (Wildman–Crippen MR) is 94.0 cm³/mol. The van der Waals surface area contributed by atoms with Crippen LogP contribution in [0.3, 0.4) is 0 Å². The molecular weight excluding hydrogens is 457 g/mol. The molecule has 0 aromatic heterocycles. The summed E-state index contributed by atoms with van der Waals surface area (Å²) in [4.78, 5) is 0. The first kappa shape index (κ1) is 19.4. The summed E-state index contributed by atoms with van der Waals surface area (Å²) in [5.74, 6) is 0. The lowest BCUT2D eigenvalue weighted by atomic mass is 10.2. The van der Waals surface area contributed by atoms with E-state index in [2.05, 4.69) is 59.0 Å². The van der Waals surface area contributed by atoms with Crippen molar-refractivity contribution in [3.05, 3.63) is 0 Å². The van der Waals surface area contributed by atoms with Crippen molar-refractivity contribution in [1.82, 2.24) is 0 Å². The van der Waals surface area contributed by atoms with Crippen molar-refractivity contribution in [2.24, 2.45) is 0 Å². The molecule has 1 N–H and O–H groups in total. The monoisotopic (exact) mass is 482 g/mol. The standard InChI is InChI=1S/C12H25BI2O3/c1-3-5-7-9-11(14)17-13(16)18-12(15)10-8-6-4-2/h11-12,16H,3-10H2,1-2H3. The molecule has 6 heteroatoms. The van der Waals surface area contributed by atoms with Crippen molar-refractivity contribution in [2.75, 3.05) is 0 Å². The number of halogens is 2. The highest BCUT2D eigenvalue weighted by molar-refractivity contribution is 14.1. The Balaban J connectivity index is 3.58. The van der Waals surface area contributed by atoms with E-state index in [1.807, 2.05) is 0 Å². The number of rotatable bonds is 12. The molecule has 3 nitrogen and oxygen atoms in total. The van der Waals surface area contributed by atoms with Crippen LogP contribution in [0.2, 0.25) is 0 Å². The molecule has 2 atom stereocenters. The molecule has 0 heterocycles. The van der Waals surface area contributed by atoms with Crippen molar-refractivity contribution in [1.29, 1.82) is 0 Å². The molecule has 0 rings (SSSR count). The molecule has 0 aliphatic carbocycles. The highest BCUT2D eigenvalue weighted by atomic mass is 127. The summed E-state index contributed by atoms with van der Waals surface area (Å²) in [6.45, 7) is 4.36. The van der Waals surface area contributed by atoms with Crippen LogP contribution in [0.15, 0.2) is 0 Å². The van der Waals surface area contributed by atoms with E-state index in [4.69, 9.17) is 9.31 Å². The quantitative estimate of drug-likeness (QED) is 0.190. The van der Waals surface area contributed by atoms with Gasteiger partial charge in [-0.1, -0.05) is 97.6 Å². The Hall–Kier alpha value is 1.40. The topological polar surface area (TPSA) is 38.7 Å². The van der Waals surface area contributed by atoms with Gasteiger partial charge in [0.15, 0.2) is 0 Å². The van der Waals surface area contributed by atoms with Gasteiger partial charge in [-0.25, -0.2) is 0 Å². The molecule has 0 aromatic rings. The first-order valence-electron chi connectivity index (χ1n) is 6.87. The van der Waals surface area contributed by atoms with E-state index in [0.29, 0.717) is 0 Å². The lowest BCUT2D eigenvalue weighted by molar-refractivity contribution is 0.115. The molecule has 0 amide bonds. The normalized spacial score (nSPS) is 14.5. The van der Waals surface area contributed by atoms with Gasteiger partial charge in [0.1, 0.15) is 0 Å². The van der Waals surface area contributed by atoms with Crippen LogP contribution < -0.4 is 0 Å². The molecule has 0 aromatic carbocycles. The highest BCUT2D eigenvalue weighted by Gasteiger charge is 2.23. The molecule has 0 radical (unpaired) electrons. The van der Waals surface area contributed by atoms with Gasteiger partial charge in [0, 0.05) is 0 Å². The van der Waals surface area contributed by atoms with Gasteiger partial charge in [0.2, 0.25) is 0 Å². The summed E-state index contributed by atoms with van der Waals surface area (Å²) >= 11 is 4.43. The summed E-state index contributed by atoms with van der Waals surface area (Å²) in [6, 6.07) is 0. The zero-order valence-electron chi connectivity index (χ0n) is 11.4. The van der Waals surface area contributed by atoms with Crippen molar-refractivity contribution >= 4 is 52.5 Å². The second-order valence-corrected chi connectivity index (χ2v) is 7.17. The van der Waals surface area contributed by atoms with Crippen molar-refractivity contribution in [2.45, 2.75) is 73.4 Å². The highest BCUT2D eigenvalue weighted by Crippen LogP contribution is 2.17. The minimum Gasteiger partial charge on any atom is -0.402 e. The number of unbranched alkanes of at least 4 members (excludes halogenated alkanes) is 4. The van der Waals surface area contributed by atoms with Gasteiger partial charge in [-0.15, -0.1) is 0 Å². The molecule has 18 heavy (non-hydrogen) atoms. The van der Waals surface area contributed by atoms with Crippen molar-refractivity contribution in [3.63, 3.8) is 0 Å². The first-order valence-corrected chi connectivity index (χ1v) is 9.36. The van der Waals surface area contributed by atoms with Crippen molar-refractivity contribution in [3.8, 4) is 0 Å². The average molecular weight is 482 g/mol. The second kappa shape index (κ2) is 13.4. The van der Waals surface area contributed by atoms with Crippen molar-refractivity contribution < 1.29 is 14.3 Å². The molecule has 0 saturated heterocycles. The van der Waals surface area contributed by atoms with Crippen LogP contribution in [0.25, 0.3) is 0 Å². The van der Waals surface area contributed by atoms with E-state index in [-0.39, 0.29) is 8.22 Å². The fourth-order valence-corrected chi connectivity index (χ4v) is 2.91. The number of hydrogen-bond acceptors (Lipinski definition) is 3. The van der Waals surface area contributed by atoms with Crippen LogP contribution in [0.5, 0.6) is 0 Å². The maximum Gasteiger partial charge on any atom is 0.638 e. The molecule has 0 bridgehead atoms. The molecule has 108 valence electrons. The number of alkyl halides is 2. The van der Waals surface area contributed by atoms with Gasteiger partial charge in [-0.05, 0) is 12.8 Å². The minimum absolute atomic E-state index is 0.0309. The summed E-state index contributed by atoms with van der Waals surface area (Å²) < 4.78 is 10.8. The SMILES string of the molecule is CCCCCC(I)OB(O)OC(I)CCCCC. The maximum atomic E-state index is 9.65. The average Bonchev–Trinajstić information content (AvgIpc) is 2.29. The largest absolute Gasteiger partial charge is 0.638 e. The fourth-order valence-electron chi connectivity index (χ4n) is 1.53. The van der Waals surface area contributed by atoms with Crippen LogP contribution in [-0.4, -0.2) is 20.6 Å². The van der Waals surface area contributed by atoms with Gasteiger partial charge < -0.3 is 14.3 Å². The van der Waals surface area contributed by atoms with Crippen LogP contribution in [-0.2, 0) is 9.31 Å². The van der Waals surface area contributed by atoms with Gasteiger partial charge in [-0.2, -0.15) is 0 Å². The van der Waals surface area contributed by atoms with Crippen LogP contribution in [0, 0.1) is 0 Å². The Morgan fingerprint density at radius 1 is 0.889 bits per heavy atom. The molecular formula is C12H25BI2O3. The van der Waals surface area contributed by atoms with E-state index in [1.165, 1.54) is 25.7 Å². The van der Waals surface area contributed by atoms with Gasteiger partial charge in [0.05, 0.1) is 8.22 Å². The van der Waals surface area contributed by atoms with Gasteiger partial charge >= 0.3 is 7.32 Å². The summed E-state index contributed by atoms with van der Waals surface area (Å²) in [7, 11) is -1.09. The maximum absolute atomic E-state index is 9.65. The van der Waals surface area contributed by atoms with Crippen LogP contribution in [0.1, 0.15) is 65.2 Å². The Morgan fingerprint density at radius 3 is 1.61 bits per heavy atom. The third-order valence-electron chi connectivity index (χ3n) is 2.60. The molecule has 0 aliphatic rings.